The second-order valence-corrected chi connectivity index (χ2v) is 11.0. The number of benzene rings is 2. The highest BCUT2D eigenvalue weighted by molar-refractivity contribution is 6.15. The molecule has 2 atom stereocenters. The number of hydrogen-bond acceptors (Lipinski definition) is 6. The summed E-state index contributed by atoms with van der Waals surface area (Å²) in [5, 5.41) is 6.83. The van der Waals surface area contributed by atoms with Crippen LogP contribution in [0.1, 0.15) is 34.4 Å². The van der Waals surface area contributed by atoms with Gasteiger partial charge >= 0.3 is 0 Å². The molecule has 9 heteroatoms. The van der Waals surface area contributed by atoms with Gasteiger partial charge in [-0.3, -0.25) is 19.4 Å². The molecule has 4 aliphatic rings. The predicted octanol–water partition coefficient (Wildman–Crippen LogP) is 2.70. The third-order valence-electron chi connectivity index (χ3n) is 8.91. The van der Waals surface area contributed by atoms with E-state index in [1.165, 1.54) is 0 Å². The van der Waals surface area contributed by atoms with Gasteiger partial charge in [0.05, 0.1) is 34.3 Å². The molecule has 0 fully saturated rings. The monoisotopic (exact) mass is 516 g/mol. The van der Waals surface area contributed by atoms with Gasteiger partial charge < -0.3 is 21.3 Å². The van der Waals surface area contributed by atoms with E-state index in [-0.39, 0.29) is 37.2 Å². The fraction of sp³-hybridized carbons (Fsp3) is 0.233. The molecular weight excluding hydrogens is 492 g/mol. The van der Waals surface area contributed by atoms with E-state index in [0.717, 1.165) is 44.5 Å². The summed E-state index contributed by atoms with van der Waals surface area (Å²) in [6.07, 6.45) is 2.95. The van der Waals surface area contributed by atoms with Crippen LogP contribution in [-0.2, 0) is 44.6 Å². The Morgan fingerprint density at radius 2 is 1.79 bits per heavy atom. The highest BCUT2D eigenvalue weighted by atomic mass is 16.2. The molecule has 2 aromatic heterocycles. The van der Waals surface area contributed by atoms with Crippen LogP contribution in [0.2, 0.25) is 0 Å². The largest absolute Gasteiger partial charge is 0.329 e. The summed E-state index contributed by atoms with van der Waals surface area (Å²) in [6, 6.07) is 17.6. The van der Waals surface area contributed by atoms with Crippen molar-refractivity contribution in [3.63, 3.8) is 0 Å². The van der Waals surface area contributed by atoms with Crippen LogP contribution >= 0.6 is 0 Å². The molecule has 0 saturated carbocycles. The van der Waals surface area contributed by atoms with Crippen molar-refractivity contribution in [3.8, 4) is 0 Å². The maximum atomic E-state index is 13.8. The third-order valence-corrected chi connectivity index (χ3v) is 8.91. The first kappa shape index (κ1) is 22.4. The molecule has 2 aromatic carbocycles. The lowest BCUT2D eigenvalue weighted by atomic mass is 9.75. The van der Waals surface area contributed by atoms with Crippen molar-refractivity contribution < 1.29 is 14.4 Å². The summed E-state index contributed by atoms with van der Waals surface area (Å²) in [5.41, 5.74) is 11.4. The maximum Gasteiger partial charge on any atom is 0.239 e. The summed E-state index contributed by atoms with van der Waals surface area (Å²) in [6.45, 7) is 0.328. The zero-order valence-corrected chi connectivity index (χ0v) is 21.0. The first-order valence-electron chi connectivity index (χ1n) is 13.1. The number of nitrogens with two attached hydrogens (primary N) is 1. The number of rotatable bonds is 3. The lowest BCUT2D eigenvalue weighted by molar-refractivity contribution is -0.127. The summed E-state index contributed by atoms with van der Waals surface area (Å²) >= 11 is 0. The number of aromatic nitrogens is 2. The molecule has 1 spiro atoms. The van der Waals surface area contributed by atoms with Crippen molar-refractivity contribution in [1.29, 1.82) is 0 Å². The zero-order valence-electron chi connectivity index (χ0n) is 21.0. The van der Waals surface area contributed by atoms with Crippen LogP contribution in [0.3, 0.4) is 0 Å². The highest BCUT2D eigenvalue weighted by Gasteiger charge is 2.55. The minimum absolute atomic E-state index is 0.00981. The molecule has 0 saturated heterocycles. The Labute approximate surface area is 223 Å². The Bertz CT molecular complexity index is 1800. The number of fused-ring (bicyclic) bond motifs is 4. The fourth-order valence-electron chi connectivity index (χ4n) is 7.09. The van der Waals surface area contributed by atoms with Gasteiger partial charge in [0.2, 0.25) is 17.7 Å². The first-order valence-corrected chi connectivity index (χ1v) is 13.1. The van der Waals surface area contributed by atoms with Crippen molar-refractivity contribution >= 4 is 45.8 Å². The van der Waals surface area contributed by atoms with Gasteiger partial charge in [-0.1, -0.05) is 18.2 Å². The fourth-order valence-corrected chi connectivity index (χ4v) is 7.09. The van der Waals surface area contributed by atoms with E-state index < -0.39 is 10.8 Å². The Kier molecular flexibility index (Phi) is 4.29. The second kappa shape index (κ2) is 7.48. The van der Waals surface area contributed by atoms with Crippen molar-refractivity contribution in [2.24, 2.45) is 5.73 Å². The lowest BCUT2D eigenvalue weighted by Gasteiger charge is -2.31. The van der Waals surface area contributed by atoms with E-state index in [4.69, 9.17) is 10.7 Å². The quantitative estimate of drug-likeness (QED) is 0.384. The van der Waals surface area contributed by atoms with Gasteiger partial charge in [-0.05, 0) is 60.4 Å². The molecule has 3 aliphatic heterocycles. The molecular formula is C30H24N6O3. The predicted molar refractivity (Wildman–Crippen MR) is 145 cm³/mol. The van der Waals surface area contributed by atoms with Crippen LogP contribution in [0, 0.1) is 0 Å². The van der Waals surface area contributed by atoms with Gasteiger partial charge in [0.15, 0.2) is 0 Å². The van der Waals surface area contributed by atoms with E-state index in [1.54, 1.807) is 11.1 Å². The number of carbonyl (C=O) groups is 3. The van der Waals surface area contributed by atoms with Crippen LogP contribution in [-0.4, -0.2) is 34.2 Å². The van der Waals surface area contributed by atoms with E-state index >= 15 is 0 Å². The average molecular weight is 517 g/mol. The molecule has 1 aliphatic carbocycles. The number of pyridine rings is 2. The van der Waals surface area contributed by atoms with Gasteiger partial charge in [0.1, 0.15) is 5.82 Å². The summed E-state index contributed by atoms with van der Waals surface area (Å²) in [5.74, 6) is 0.266. The molecule has 1 unspecified atom stereocenters. The minimum atomic E-state index is -1.05. The summed E-state index contributed by atoms with van der Waals surface area (Å²) < 4.78 is 0. The molecule has 3 amide bonds. The Morgan fingerprint density at radius 1 is 0.949 bits per heavy atom. The Morgan fingerprint density at radius 3 is 2.64 bits per heavy atom. The number of amides is 3. The van der Waals surface area contributed by atoms with Crippen LogP contribution in [0.15, 0.2) is 60.8 Å². The number of anilines is 3. The van der Waals surface area contributed by atoms with Crippen LogP contribution in [0.4, 0.5) is 17.2 Å². The topological polar surface area (TPSA) is 130 Å². The molecule has 8 rings (SSSR count). The van der Waals surface area contributed by atoms with E-state index in [2.05, 4.69) is 27.8 Å². The second-order valence-electron chi connectivity index (χ2n) is 11.0. The van der Waals surface area contributed by atoms with Gasteiger partial charge in [0, 0.05) is 41.4 Å². The third kappa shape index (κ3) is 2.85. The minimum Gasteiger partial charge on any atom is -0.329 e. The van der Waals surface area contributed by atoms with Gasteiger partial charge in [0.25, 0.3) is 0 Å². The number of nitrogens with one attached hydrogen (secondary N) is 2. The number of nitrogens with zero attached hydrogens (tertiary/aromatic N) is 3. The average Bonchev–Trinajstić information content (AvgIpc) is 3.52. The normalized spacial score (nSPS) is 24.1. The lowest BCUT2D eigenvalue weighted by Crippen LogP contribution is -2.49. The summed E-state index contributed by atoms with van der Waals surface area (Å²) in [4.78, 5) is 50.3. The van der Waals surface area contributed by atoms with Crippen molar-refractivity contribution in [1.82, 2.24) is 9.97 Å². The van der Waals surface area contributed by atoms with Crippen LogP contribution in [0.5, 0.6) is 0 Å². The molecule has 192 valence electrons. The molecule has 5 heterocycles. The molecule has 0 radical (unpaired) electrons. The van der Waals surface area contributed by atoms with E-state index in [1.807, 2.05) is 42.5 Å². The van der Waals surface area contributed by atoms with Crippen molar-refractivity contribution in [2.45, 2.75) is 36.6 Å². The van der Waals surface area contributed by atoms with Gasteiger partial charge in [-0.2, -0.15) is 0 Å². The van der Waals surface area contributed by atoms with Crippen LogP contribution in [0.25, 0.3) is 10.9 Å². The van der Waals surface area contributed by atoms with Crippen LogP contribution < -0.4 is 21.3 Å². The molecule has 4 N–H and O–H groups in total. The van der Waals surface area contributed by atoms with Crippen molar-refractivity contribution in [2.75, 3.05) is 22.1 Å². The molecule has 0 bridgehead atoms. The molecule has 39 heavy (non-hydrogen) atoms. The van der Waals surface area contributed by atoms with E-state index in [9.17, 15) is 14.4 Å². The number of hydrogen-bond donors (Lipinski definition) is 3. The SMILES string of the molecule is NCC12CC(=O)Nc3cccc(c31)N(Cc1ccc3cc4c(cc3n1)C[C@]1(C4)C(=O)Nc3ncccc31)C2=O. The highest BCUT2D eigenvalue weighted by Crippen LogP contribution is 2.50. The van der Waals surface area contributed by atoms with Gasteiger partial charge in [-0.25, -0.2) is 4.98 Å². The van der Waals surface area contributed by atoms with Gasteiger partial charge in [-0.15, -0.1) is 0 Å². The van der Waals surface area contributed by atoms with E-state index in [0.29, 0.717) is 24.3 Å². The molecule has 4 aromatic rings. The maximum absolute atomic E-state index is 13.8. The molecule has 9 nitrogen and oxygen atoms in total. The Hall–Kier alpha value is -4.63. The van der Waals surface area contributed by atoms with Crippen molar-refractivity contribution in [3.05, 3.63) is 88.7 Å². The zero-order chi connectivity index (χ0) is 26.5. The first-order chi connectivity index (χ1) is 18.9. The Balaban J connectivity index is 1.15. The summed E-state index contributed by atoms with van der Waals surface area (Å²) in [7, 11) is 0. The smallest absolute Gasteiger partial charge is 0.239 e. The standard InChI is InChI=1S/C30H24N6O3/c31-15-30-13-24(37)34-21-4-1-5-23(25(21)30)36(28(30)39)14-19-7-6-16-9-17-11-29(12-18(17)10-22(16)33-19)20-3-2-8-32-26(20)35-27(29)38/h1-10H,11-15,31H2,(H,34,37)(H,32,35,38)/t29-,30?/m0/s1. The number of carbonyl (C=O) groups excluding carboxylic acids is 3.